The van der Waals surface area contributed by atoms with Crippen LogP contribution in [0.2, 0.25) is 0 Å². The molecule has 0 aromatic carbocycles. The molecular formula is C14H22N4O3. The van der Waals surface area contributed by atoms with Gasteiger partial charge in [-0.3, -0.25) is 20.3 Å². The highest BCUT2D eigenvalue weighted by atomic mass is 16.6. The fraction of sp³-hybridized carbons (Fsp3) is 0.643. The molecule has 0 bridgehead atoms. The van der Waals surface area contributed by atoms with E-state index in [0.717, 1.165) is 12.7 Å². The lowest BCUT2D eigenvalue weighted by molar-refractivity contribution is -0.591. The van der Waals surface area contributed by atoms with E-state index in [0.29, 0.717) is 23.4 Å². The smallest absolute Gasteiger partial charge is 0.284 e. The predicted molar refractivity (Wildman–Crippen MR) is 80.0 cm³/mol. The van der Waals surface area contributed by atoms with Gasteiger partial charge >= 0.3 is 0 Å². The molecule has 0 saturated carbocycles. The molecular weight excluding hydrogens is 272 g/mol. The molecule has 2 atom stereocenters. The first-order chi connectivity index (χ1) is 9.99. The molecule has 2 heterocycles. The fourth-order valence-corrected chi connectivity index (χ4v) is 2.95. The van der Waals surface area contributed by atoms with Gasteiger partial charge in [0.15, 0.2) is 0 Å². The number of anilines is 1. The number of hydrogen-bond donors (Lipinski definition) is 1. The van der Waals surface area contributed by atoms with Crippen molar-refractivity contribution < 1.29 is 9.65 Å². The normalized spacial score (nSPS) is 23.0. The van der Waals surface area contributed by atoms with Gasteiger partial charge in [-0.1, -0.05) is 6.42 Å². The van der Waals surface area contributed by atoms with Crippen LogP contribution in [-0.2, 0) is 0 Å². The van der Waals surface area contributed by atoms with Gasteiger partial charge in [0.05, 0.1) is 17.5 Å². The number of pyridine rings is 1. The monoisotopic (exact) mass is 294 g/mol. The molecule has 1 aromatic rings. The third-order valence-corrected chi connectivity index (χ3v) is 4.17. The number of nitro groups is 1. The molecule has 0 aliphatic carbocycles. The lowest BCUT2D eigenvalue weighted by atomic mass is 9.98. The molecule has 7 nitrogen and oxygen atoms in total. The molecule has 0 amide bonds. The first kappa shape index (κ1) is 15.5. The zero-order valence-corrected chi connectivity index (χ0v) is 12.5. The summed E-state index contributed by atoms with van der Waals surface area (Å²) in [6, 6.07) is 3.56. The van der Waals surface area contributed by atoms with Crippen LogP contribution in [0.1, 0.15) is 33.1 Å². The Morgan fingerprint density at radius 1 is 1.43 bits per heavy atom. The van der Waals surface area contributed by atoms with Crippen LogP contribution in [0.5, 0.6) is 0 Å². The molecule has 1 aromatic heterocycles. The van der Waals surface area contributed by atoms with E-state index in [1.165, 1.54) is 31.4 Å². The average molecular weight is 294 g/mol. The van der Waals surface area contributed by atoms with E-state index in [4.69, 9.17) is 0 Å². The second kappa shape index (κ2) is 6.71. The Bertz CT molecular complexity index is 499. The van der Waals surface area contributed by atoms with Crippen molar-refractivity contribution in [2.75, 3.05) is 18.4 Å². The van der Waals surface area contributed by atoms with Gasteiger partial charge in [-0.25, -0.2) is 4.73 Å². The zero-order chi connectivity index (χ0) is 15.4. The van der Waals surface area contributed by atoms with E-state index in [1.54, 1.807) is 0 Å². The van der Waals surface area contributed by atoms with Gasteiger partial charge in [-0.15, -0.1) is 0 Å². The van der Waals surface area contributed by atoms with Gasteiger partial charge in [-0.05, 0) is 26.7 Å². The Hall–Kier alpha value is -1.89. The number of likely N-dealkylation sites (tertiary alicyclic amines) is 1. The lowest BCUT2D eigenvalue weighted by Crippen LogP contribution is -2.46. The molecule has 116 valence electrons. The third kappa shape index (κ3) is 3.81. The highest BCUT2D eigenvalue weighted by Crippen LogP contribution is 2.21. The molecule has 1 fully saturated rings. The molecule has 1 aliphatic rings. The van der Waals surface area contributed by atoms with Gasteiger partial charge in [0.2, 0.25) is 0 Å². The van der Waals surface area contributed by atoms with Gasteiger partial charge in [0, 0.05) is 18.6 Å². The number of aromatic nitrogens is 1. The van der Waals surface area contributed by atoms with Crippen LogP contribution in [0.4, 0.5) is 11.5 Å². The molecule has 0 radical (unpaired) electrons. The maximum absolute atomic E-state index is 11.6. The van der Waals surface area contributed by atoms with Crippen LogP contribution < -0.4 is 10.0 Å². The minimum atomic E-state index is -0.500. The van der Waals surface area contributed by atoms with Crippen LogP contribution in [-0.4, -0.2) is 35.0 Å². The van der Waals surface area contributed by atoms with Gasteiger partial charge < -0.3 is 5.21 Å². The lowest BCUT2D eigenvalue weighted by Gasteiger charge is -2.38. The van der Waals surface area contributed by atoms with Crippen LogP contribution >= 0.6 is 0 Å². The van der Waals surface area contributed by atoms with Crippen molar-refractivity contribution in [2.24, 2.45) is 0 Å². The molecule has 2 rings (SSSR count). The summed E-state index contributed by atoms with van der Waals surface area (Å²) in [5.41, 5.74) is -0.0793. The number of nitrogens with one attached hydrogen (secondary N) is 1. The topological polar surface area (TPSA) is 85.3 Å². The Balaban J connectivity index is 1.93. The van der Waals surface area contributed by atoms with Crippen LogP contribution in [0.3, 0.4) is 0 Å². The van der Waals surface area contributed by atoms with Crippen LogP contribution in [0, 0.1) is 15.3 Å². The summed E-state index contributed by atoms with van der Waals surface area (Å²) in [7, 11) is 0. The molecule has 1 saturated heterocycles. The van der Waals surface area contributed by atoms with Crippen LogP contribution in [0.15, 0.2) is 18.3 Å². The second-order valence-corrected chi connectivity index (χ2v) is 5.65. The summed E-state index contributed by atoms with van der Waals surface area (Å²) in [4.78, 5) is 12.6. The SMILES string of the molecule is CC1CCCC(C)N1CCNc1cc([N+](=O)[O-])cc[n+]1[O-]. The Labute approximate surface area is 124 Å². The summed E-state index contributed by atoms with van der Waals surface area (Å²) >= 11 is 0. The molecule has 2 unspecified atom stereocenters. The van der Waals surface area contributed by atoms with Crippen molar-refractivity contribution in [1.82, 2.24) is 4.90 Å². The number of nitrogens with zero attached hydrogens (tertiary/aromatic N) is 3. The van der Waals surface area contributed by atoms with Crippen molar-refractivity contribution >= 4 is 11.5 Å². The Morgan fingerprint density at radius 2 is 2.10 bits per heavy atom. The predicted octanol–water partition coefficient (Wildman–Crippen LogP) is 1.90. The second-order valence-electron chi connectivity index (χ2n) is 5.65. The van der Waals surface area contributed by atoms with Gasteiger partial charge in [0.1, 0.15) is 12.3 Å². The van der Waals surface area contributed by atoms with Crippen molar-refractivity contribution in [2.45, 2.75) is 45.2 Å². The summed E-state index contributed by atoms with van der Waals surface area (Å²) in [6.07, 6.45) is 4.82. The third-order valence-electron chi connectivity index (χ3n) is 4.17. The minimum Gasteiger partial charge on any atom is -0.711 e. The molecule has 0 spiro atoms. The number of hydrogen-bond acceptors (Lipinski definition) is 5. The summed E-state index contributed by atoms with van der Waals surface area (Å²) < 4.78 is 0.621. The average Bonchev–Trinajstić information content (AvgIpc) is 2.43. The number of piperidine rings is 1. The standard InChI is InChI=1S/C14H22N4O3/c1-11-4-3-5-12(2)16(11)9-7-15-14-10-13(18(20)21)6-8-17(14)19/h6,8,10-12,15H,3-5,7,9H2,1-2H3. The molecule has 21 heavy (non-hydrogen) atoms. The summed E-state index contributed by atoms with van der Waals surface area (Å²) in [6.45, 7) is 5.86. The van der Waals surface area contributed by atoms with E-state index in [1.807, 2.05) is 0 Å². The molecule has 1 N–H and O–H groups in total. The van der Waals surface area contributed by atoms with Crippen LogP contribution in [0.25, 0.3) is 0 Å². The van der Waals surface area contributed by atoms with Crippen molar-refractivity contribution in [3.05, 3.63) is 33.7 Å². The fourth-order valence-electron chi connectivity index (χ4n) is 2.95. The first-order valence-electron chi connectivity index (χ1n) is 7.36. The van der Waals surface area contributed by atoms with E-state index < -0.39 is 4.92 Å². The molecule has 7 heteroatoms. The maximum Gasteiger partial charge on any atom is 0.284 e. The van der Waals surface area contributed by atoms with E-state index in [9.17, 15) is 15.3 Å². The summed E-state index contributed by atoms with van der Waals surface area (Å²) in [5.74, 6) is 0.224. The van der Waals surface area contributed by atoms with Gasteiger partial charge in [0.25, 0.3) is 11.5 Å². The minimum absolute atomic E-state index is 0.0793. The maximum atomic E-state index is 11.6. The molecule has 1 aliphatic heterocycles. The summed E-state index contributed by atoms with van der Waals surface area (Å²) in [5, 5.41) is 25.4. The van der Waals surface area contributed by atoms with Crippen molar-refractivity contribution in [1.29, 1.82) is 0 Å². The van der Waals surface area contributed by atoms with E-state index >= 15 is 0 Å². The quantitative estimate of drug-likeness (QED) is 0.388. The number of rotatable bonds is 5. The van der Waals surface area contributed by atoms with Crippen molar-refractivity contribution in [3.8, 4) is 0 Å². The van der Waals surface area contributed by atoms with Crippen molar-refractivity contribution in [3.63, 3.8) is 0 Å². The van der Waals surface area contributed by atoms with E-state index in [-0.39, 0.29) is 11.5 Å². The van der Waals surface area contributed by atoms with Gasteiger partial charge in [-0.2, -0.15) is 0 Å². The Morgan fingerprint density at radius 3 is 2.71 bits per heavy atom. The Kier molecular flexibility index (Phi) is 4.95. The highest BCUT2D eigenvalue weighted by molar-refractivity contribution is 5.40. The zero-order valence-electron chi connectivity index (χ0n) is 12.5. The highest BCUT2D eigenvalue weighted by Gasteiger charge is 2.24. The first-order valence-corrected chi connectivity index (χ1v) is 7.36. The largest absolute Gasteiger partial charge is 0.711 e. The van der Waals surface area contributed by atoms with E-state index in [2.05, 4.69) is 24.1 Å².